The van der Waals surface area contributed by atoms with E-state index in [-0.39, 0.29) is 10.6 Å². The van der Waals surface area contributed by atoms with E-state index in [1.54, 1.807) is 6.20 Å². The minimum Gasteiger partial charge on any atom is -0.393 e. The minimum atomic E-state index is -1.54. The number of amides is 1. The molecular formula is C14H13N5O3S. The molecule has 2 heterocycles. The van der Waals surface area contributed by atoms with Gasteiger partial charge in [-0.2, -0.15) is 5.26 Å². The van der Waals surface area contributed by atoms with E-state index in [1.807, 2.05) is 6.07 Å². The zero-order valence-corrected chi connectivity index (χ0v) is 12.6. The van der Waals surface area contributed by atoms with Gasteiger partial charge in [-0.3, -0.25) is 4.79 Å². The number of nitriles is 1. The summed E-state index contributed by atoms with van der Waals surface area (Å²) in [5.41, 5.74) is 6.95. The Morgan fingerprint density at radius 1 is 1.65 bits per heavy atom. The van der Waals surface area contributed by atoms with Crippen molar-refractivity contribution in [1.82, 2.24) is 9.97 Å². The van der Waals surface area contributed by atoms with Crippen LogP contribution in [-0.2, 0) is 4.79 Å². The topological polar surface area (TPSA) is 148 Å². The molecule has 2 aromatic rings. The highest BCUT2D eigenvalue weighted by Crippen LogP contribution is 2.27. The maximum atomic E-state index is 11.7. The Kier molecular flexibility index (Phi) is 5.02. The molecule has 0 radical (unpaired) electrons. The van der Waals surface area contributed by atoms with E-state index in [0.29, 0.717) is 22.3 Å². The van der Waals surface area contributed by atoms with Crippen LogP contribution >= 0.6 is 12.2 Å². The van der Waals surface area contributed by atoms with Crippen LogP contribution in [0.5, 0.6) is 0 Å². The first-order valence-corrected chi connectivity index (χ1v) is 6.86. The molecular weight excluding hydrogens is 318 g/mol. The average molecular weight is 331 g/mol. The summed E-state index contributed by atoms with van der Waals surface area (Å²) in [6.45, 7) is -0.694. The number of aliphatic hydroxyl groups excluding tert-OH is 2. The summed E-state index contributed by atoms with van der Waals surface area (Å²) >= 11 is 4.80. The Morgan fingerprint density at radius 2 is 2.39 bits per heavy atom. The summed E-state index contributed by atoms with van der Waals surface area (Å²) in [6, 6.07) is 3.42. The zero-order valence-electron chi connectivity index (χ0n) is 11.8. The van der Waals surface area contributed by atoms with Gasteiger partial charge in [-0.15, -0.1) is 0 Å². The number of pyridine rings is 1. The summed E-state index contributed by atoms with van der Waals surface area (Å²) in [6.07, 6.45) is 2.99. The predicted molar refractivity (Wildman–Crippen MR) is 88.2 cm³/mol. The van der Waals surface area contributed by atoms with Crippen LogP contribution in [-0.4, -0.2) is 43.8 Å². The van der Waals surface area contributed by atoms with E-state index in [0.717, 1.165) is 0 Å². The SMILES string of the molecule is N#CC(=Cc1c[nH]c2nccc(NC(=O)C(O)CO)c12)C(N)=S. The minimum absolute atomic E-state index is 0.0490. The first kappa shape index (κ1) is 16.6. The Bertz CT molecular complexity index is 837. The van der Waals surface area contributed by atoms with Crippen LogP contribution in [0.1, 0.15) is 5.56 Å². The van der Waals surface area contributed by atoms with Gasteiger partial charge in [0, 0.05) is 23.3 Å². The molecule has 1 amide bonds. The first-order chi connectivity index (χ1) is 11.0. The molecule has 0 aromatic carbocycles. The van der Waals surface area contributed by atoms with Crippen molar-refractivity contribution in [3.05, 3.63) is 29.6 Å². The van der Waals surface area contributed by atoms with E-state index >= 15 is 0 Å². The van der Waals surface area contributed by atoms with Gasteiger partial charge in [0.05, 0.1) is 17.9 Å². The van der Waals surface area contributed by atoms with E-state index < -0.39 is 18.6 Å². The van der Waals surface area contributed by atoms with Gasteiger partial charge in [0.2, 0.25) is 0 Å². The zero-order chi connectivity index (χ0) is 17.0. The molecule has 2 aromatic heterocycles. The number of fused-ring (bicyclic) bond motifs is 1. The highest BCUT2D eigenvalue weighted by atomic mass is 32.1. The van der Waals surface area contributed by atoms with Crippen LogP contribution in [0, 0.1) is 11.3 Å². The fourth-order valence-electron chi connectivity index (χ4n) is 1.91. The van der Waals surface area contributed by atoms with Crippen LogP contribution in [0.15, 0.2) is 24.0 Å². The van der Waals surface area contributed by atoms with Crippen LogP contribution in [0.25, 0.3) is 17.1 Å². The Labute approximate surface area is 136 Å². The molecule has 0 aliphatic carbocycles. The average Bonchev–Trinajstić information content (AvgIpc) is 2.95. The largest absolute Gasteiger partial charge is 0.393 e. The second kappa shape index (κ2) is 6.97. The molecule has 1 unspecified atom stereocenters. The van der Waals surface area contributed by atoms with Gasteiger partial charge in [0.25, 0.3) is 5.91 Å². The van der Waals surface area contributed by atoms with Crippen molar-refractivity contribution in [1.29, 1.82) is 5.26 Å². The van der Waals surface area contributed by atoms with Gasteiger partial charge < -0.3 is 26.2 Å². The third-order valence-electron chi connectivity index (χ3n) is 3.02. The van der Waals surface area contributed by atoms with Crippen molar-refractivity contribution in [2.45, 2.75) is 6.10 Å². The molecule has 2 rings (SSSR count). The summed E-state index contributed by atoms with van der Waals surface area (Å²) < 4.78 is 0. The monoisotopic (exact) mass is 331 g/mol. The molecule has 23 heavy (non-hydrogen) atoms. The van der Waals surface area contributed by atoms with E-state index in [4.69, 9.17) is 28.3 Å². The van der Waals surface area contributed by atoms with E-state index in [9.17, 15) is 9.90 Å². The number of carbonyl (C=O) groups excluding carboxylic acids is 1. The fraction of sp³-hybridized carbons (Fsp3) is 0.143. The third kappa shape index (κ3) is 3.51. The first-order valence-electron chi connectivity index (χ1n) is 6.45. The van der Waals surface area contributed by atoms with Gasteiger partial charge in [0.15, 0.2) is 6.10 Å². The molecule has 0 spiro atoms. The third-order valence-corrected chi connectivity index (χ3v) is 3.24. The number of hydrogen-bond donors (Lipinski definition) is 5. The van der Waals surface area contributed by atoms with Crippen molar-refractivity contribution in [2.75, 3.05) is 11.9 Å². The lowest BCUT2D eigenvalue weighted by molar-refractivity contribution is -0.125. The molecule has 0 saturated heterocycles. The maximum absolute atomic E-state index is 11.7. The standard InChI is InChI=1S/C14H13N5O3S/c15-4-7(12(16)23)3-8-5-18-13-11(8)9(1-2-17-13)19-14(22)10(21)6-20/h1-3,5,10,20-21H,6H2,(H2,16,23)(H2,17,18,19,22). The molecule has 9 heteroatoms. The smallest absolute Gasteiger partial charge is 0.255 e. The number of nitrogens with two attached hydrogens (primary N) is 1. The molecule has 0 fully saturated rings. The van der Waals surface area contributed by atoms with Crippen LogP contribution in [0.3, 0.4) is 0 Å². The van der Waals surface area contributed by atoms with Crippen molar-refractivity contribution in [3.8, 4) is 6.07 Å². The molecule has 6 N–H and O–H groups in total. The Balaban J connectivity index is 2.52. The quantitative estimate of drug-likeness (QED) is 0.295. The van der Waals surface area contributed by atoms with Crippen LogP contribution in [0.4, 0.5) is 5.69 Å². The molecule has 0 saturated carbocycles. The van der Waals surface area contributed by atoms with Crippen molar-refractivity contribution in [2.24, 2.45) is 5.73 Å². The van der Waals surface area contributed by atoms with E-state index in [1.165, 1.54) is 18.3 Å². The lowest BCUT2D eigenvalue weighted by Crippen LogP contribution is -2.30. The number of aromatic nitrogens is 2. The number of aliphatic hydroxyl groups is 2. The summed E-state index contributed by atoms with van der Waals surface area (Å²) in [5.74, 6) is -0.758. The van der Waals surface area contributed by atoms with Gasteiger partial charge in [0.1, 0.15) is 16.7 Å². The number of nitrogens with zero attached hydrogens (tertiary/aromatic N) is 2. The second-order valence-electron chi connectivity index (χ2n) is 4.55. The lowest BCUT2D eigenvalue weighted by Gasteiger charge is -2.10. The number of rotatable bonds is 5. The number of carbonyl (C=O) groups is 1. The van der Waals surface area contributed by atoms with Crippen LogP contribution in [0.2, 0.25) is 0 Å². The maximum Gasteiger partial charge on any atom is 0.255 e. The lowest BCUT2D eigenvalue weighted by atomic mass is 10.1. The normalized spacial score (nSPS) is 12.7. The van der Waals surface area contributed by atoms with Gasteiger partial charge in [-0.1, -0.05) is 12.2 Å². The van der Waals surface area contributed by atoms with E-state index in [2.05, 4.69) is 15.3 Å². The summed E-state index contributed by atoms with van der Waals surface area (Å²) in [7, 11) is 0. The number of hydrogen-bond acceptors (Lipinski definition) is 6. The van der Waals surface area contributed by atoms with Crippen molar-refractivity contribution in [3.63, 3.8) is 0 Å². The number of anilines is 1. The van der Waals surface area contributed by atoms with Crippen molar-refractivity contribution >= 4 is 45.9 Å². The van der Waals surface area contributed by atoms with Crippen molar-refractivity contribution < 1.29 is 15.0 Å². The molecule has 8 nitrogen and oxygen atoms in total. The fourth-order valence-corrected chi connectivity index (χ4v) is 2.02. The van der Waals surface area contributed by atoms with Crippen LogP contribution < -0.4 is 11.1 Å². The number of aromatic amines is 1. The molecule has 1 atom stereocenters. The predicted octanol–water partition coefficient (Wildman–Crippen LogP) is 0.0477. The van der Waals surface area contributed by atoms with Gasteiger partial charge in [-0.05, 0) is 12.1 Å². The van der Waals surface area contributed by atoms with Gasteiger partial charge >= 0.3 is 0 Å². The molecule has 0 aliphatic rings. The molecule has 0 bridgehead atoms. The Morgan fingerprint density at radius 3 is 3.00 bits per heavy atom. The summed E-state index contributed by atoms with van der Waals surface area (Å²) in [4.78, 5) is 18.7. The summed E-state index contributed by atoms with van der Waals surface area (Å²) in [5, 5.41) is 30.2. The highest BCUT2D eigenvalue weighted by molar-refractivity contribution is 7.80. The number of nitrogens with one attached hydrogen (secondary N) is 2. The molecule has 118 valence electrons. The second-order valence-corrected chi connectivity index (χ2v) is 4.99. The van der Waals surface area contributed by atoms with Gasteiger partial charge in [-0.25, -0.2) is 4.98 Å². The molecule has 0 aliphatic heterocycles. The number of thiocarbonyl (C=S) groups is 1. The Hall–Kier alpha value is -2.80. The highest BCUT2D eigenvalue weighted by Gasteiger charge is 2.17. The number of H-pyrrole nitrogens is 1.